The van der Waals surface area contributed by atoms with Crippen LogP contribution in [0.5, 0.6) is 0 Å². The highest BCUT2D eigenvalue weighted by Gasteiger charge is 2.34. The smallest absolute Gasteiger partial charge is 0.223 e. The van der Waals surface area contributed by atoms with E-state index in [1.165, 1.54) is 0 Å². The Labute approximate surface area is 110 Å². The fourth-order valence-electron chi connectivity index (χ4n) is 3.01. The van der Waals surface area contributed by atoms with E-state index in [0.29, 0.717) is 5.41 Å². The standard InChI is InChI=1S/C14H26N2O2/c1-14(2)6-4-10(5-7-14)13(17)16-11-8-15-9-12(11)18-3/h10-12,15H,4-9H2,1-3H3,(H,16,17)/t11-,12+/m1/s1. The van der Waals surface area contributed by atoms with Gasteiger partial charge < -0.3 is 15.4 Å². The van der Waals surface area contributed by atoms with E-state index in [1.807, 2.05) is 0 Å². The van der Waals surface area contributed by atoms with E-state index >= 15 is 0 Å². The molecular weight excluding hydrogens is 228 g/mol. The van der Waals surface area contributed by atoms with Crippen molar-refractivity contribution >= 4 is 5.91 Å². The Hall–Kier alpha value is -0.610. The zero-order valence-corrected chi connectivity index (χ0v) is 11.8. The number of carbonyl (C=O) groups is 1. The van der Waals surface area contributed by atoms with Crippen molar-refractivity contribution in [2.45, 2.75) is 51.7 Å². The first kappa shape index (κ1) is 13.8. The highest BCUT2D eigenvalue weighted by Crippen LogP contribution is 2.38. The summed E-state index contributed by atoms with van der Waals surface area (Å²) in [7, 11) is 1.71. The largest absolute Gasteiger partial charge is 0.378 e. The predicted octanol–water partition coefficient (Wildman–Crippen LogP) is 1.31. The maximum absolute atomic E-state index is 12.2. The molecule has 4 nitrogen and oxygen atoms in total. The van der Waals surface area contributed by atoms with E-state index in [-0.39, 0.29) is 24.0 Å². The number of amides is 1. The number of methoxy groups -OCH3 is 1. The van der Waals surface area contributed by atoms with Gasteiger partial charge in [0, 0.05) is 26.1 Å². The second-order valence-electron chi connectivity index (χ2n) is 6.49. The fourth-order valence-corrected chi connectivity index (χ4v) is 3.01. The van der Waals surface area contributed by atoms with Crippen LogP contribution in [0.4, 0.5) is 0 Å². The van der Waals surface area contributed by atoms with Crippen LogP contribution >= 0.6 is 0 Å². The molecule has 1 saturated carbocycles. The van der Waals surface area contributed by atoms with E-state index < -0.39 is 0 Å². The lowest BCUT2D eigenvalue weighted by atomic mass is 9.73. The highest BCUT2D eigenvalue weighted by molar-refractivity contribution is 5.79. The van der Waals surface area contributed by atoms with Crippen molar-refractivity contribution < 1.29 is 9.53 Å². The summed E-state index contributed by atoms with van der Waals surface area (Å²) in [5, 5.41) is 6.41. The minimum Gasteiger partial charge on any atom is -0.378 e. The molecule has 18 heavy (non-hydrogen) atoms. The zero-order chi connectivity index (χ0) is 13.2. The van der Waals surface area contributed by atoms with Gasteiger partial charge in [0.25, 0.3) is 0 Å². The Bertz CT molecular complexity index is 294. The van der Waals surface area contributed by atoms with Gasteiger partial charge in [-0.2, -0.15) is 0 Å². The van der Waals surface area contributed by atoms with E-state index in [9.17, 15) is 4.79 Å². The van der Waals surface area contributed by atoms with Crippen molar-refractivity contribution in [3.63, 3.8) is 0 Å². The molecule has 0 radical (unpaired) electrons. The molecule has 1 saturated heterocycles. The Morgan fingerprint density at radius 1 is 1.28 bits per heavy atom. The SMILES string of the molecule is CO[C@H]1CNC[C@H]1NC(=O)C1CCC(C)(C)CC1. The topological polar surface area (TPSA) is 50.4 Å². The van der Waals surface area contributed by atoms with Gasteiger partial charge in [0.2, 0.25) is 5.91 Å². The lowest BCUT2D eigenvalue weighted by molar-refractivity contribution is -0.128. The first-order chi connectivity index (χ1) is 8.52. The summed E-state index contributed by atoms with van der Waals surface area (Å²) < 4.78 is 5.37. The van der Waals surface area contributed by atoms with E-state index in [0.717, 1.165) is 38.8 Å². The average Bonchev–Trinajstić information content (AvgIpc) is 2.76. The summed E-state index contributed by atoms with van der Waals surface area (Å²) in [5.74, 6) is 0.428. The van der Waals surface area contributed by atoms with Crippen LogP contribution in [0.25, 0.3) is 0 Å². The summed E-state index contributed by atoms with van der Waals surface area (Å²) in [6, 6.07) is 0.137. The van der Waals surface area contributed by atoms with Crippen LogP contribution in [0, 0.1) is 11.3 Å². The Morgan fingerprint density at radius 3 is 2.56 bits per heavy atom. The van der Waals surface area contributed by atoms with Gasteiger partial charge in [0.05, 0.1) is 12.1 Å². The third-order valence-electron chi connectivity index (χ3n) is 4.50. The zero-order valence-electron chi connectivity index (χ0n) is 11.8. The first-order valence-corrected chi connectivity index (χ1v) is 7.06. The molecule has 2 atom stereocenters. The molecule has 1 heterocycles. The van der Waals surface area contributed by atoms with E-state index in [1.54, 1.807) is 7.11 Å². The summed E-state index contributed by atoms with van der Waals surface area (Å²) in [6.07, 6.45) is 4.48. The van der Waals surface area contributed by atoms with E-state index in [2.05, 4.69) is 24.5 Å². The molecule has 2 fully saturated rings. The lowest BCUT2D eigenvalue weighted by Gasteiger charge is -2.34. The summed E-state index contributed by atoms with van der Waals surface area (Å²) >= 11 is 0. The van der Waals surface area contributed by atoms with Crippen LogP contribution in [0.15, 0.2) is 0 Å². The van der Waals surface area contributed by atoms with Crippen molar-refractivity contribution in [3.8, 4) is 0 Å². The maximum Gasteiger partial charge on any atom is 0.223 e. The number of hydrogen-bond acceptors (Lipinski definition) is 3. The lowest BCUT2D eigenvalue weighted by Crippen LogP contribution is -2.46. The molecule has 0 bridgehead atoms. The minimum absolute atomic E-state index is 0.119. The van der Waals surface area contributed by atoms with Crippen LogP contribution < -0.4 is 10.6 Å². The van der Waals surface area contributed by atoms with Gasteiger partial charge in [-0.1, -0.05) is 13.8 Å². The number of carbonyl (C=O) groups excluding carboxylic acids is 1. The van der Waals surface area contributed by atoms with Crippen LogP contribution in [0.3, 0.4) is 0 Å². The minimum atomic E-state index is 0.119. The van der Waals surface area contributed by atoms with Gasteiger partial charge in [-0.25, -0.2) is 0 Å². The molecule has 4 heteroatoms. The van der Waals surface area contributed by atoms with Crippen molar-refractivity contribution in [3.05, 3.63) is 0 Å². The quantitative estimate of drug-likeness (QED) is 0.798. The molecule has 2 aliphatic rings. The van der Waals surface area contributed by atoms with Crippen LogP contribution in [0.1, 0.15) is 39.5 Å². The van der Waals surface area contributed by atoms with Crippen molar-refractivity contribution in [2.24, 2.45) is 11.3 Å². The average molecular weight is 254 g/mol. The van der Waals surface area contributed by atoms with Gasteiger partial charge in [-0.05, 0) is 31.1 Å². The summed E-state index contributed by atoms with van der Waals surface area (Å²) in [6.45, 7) is 6.24. The van der Waals surface area contributed by atoms with E-state index in [4.69, 9.17) is 4.74 Å². The molecule has 1 aliphatic carbocycles. The molecule has 1 aliphatic heterocycles. The van der Waals surface area contributed by atoms with Gasteiger partial charge in [0.1, 0.15) is 0 Å². The van der Waals surface area contributed by atoms with Gasteiger partial charge in [-0.3, -0.25) is 4.79 Å². The van der Waals surface area contributed by atoms with Crippen molar-refractivity contribution in [2.75, 3.05) is 20.2 Å². The van der Waals surface area contributed by atoms with Crippen LogP contribution in [0.2, 0.25) is 0 Å². The number of nitrogens with one attached hydrogen (secondary N) is 2. The Balaban J connectivity index is 1.82. The molecule has 0 aromatic heterocycles. The normalized spacial score (nSPS) is 32.4. The molecule has 104 valence electrons. The Kier molecular flexibility index (Phi) is 4.28. The van der Waals surface area contributed by atoms with Gasteiger partial charge in [0.15, 0.2) is 0 Å². The molecule has 2 N–H and O–H groups in total. The summed E-state index contributed by atoms with van der Waals surface area (Å²) in [5.41, 5.74) is 0.417. The molecule has 0 aromatic carbocycles. The molecule has 0 aromatic rings. The van der Waals surface area contributed by atoms with Crippen molar-refractivity contribution in [1.29, 1.82) is 0 Å². The second-order valence-corrected chi connectivity index (χ2v) is 6.49. The Morgan fingerprint density at radius 2 is 1.94 bits per heavy atom. The van der Waals surface area contributed by atoms with Crippen LogP contribution in [-0.2, 0) is 9.53 Å². The fraction of sp³-hybridized carbons (Fsp3) is 0.929. The molecule has 0 spiro atoms. The summed E-state index contributed by atoms with van der Waals surface area (Å²) in [4.78, 5) is 12.2. The number of ether oxygens (including phenoxy) is 1. The monoisotopic (exact) mass is 254 g/mol. The molecular formula is C14H26N2O2. The molecule has 1 amide bonds. The van der Waals surface area contributed by atoms with Crippen molar-refractivity contribution in [1.82, 2.24) is 10.6 Å². The molecule has 0 unspecified atom stereocenters. The highest BCUT2D eigenvalue weighted by atomic mass is 16.5. The third kappa shape index (κ3) is 3.23. The predicted molar refractivity (Wildman–Crippen MR) is 71.3 cm³/mol. The van der Waals surface area contributed by atoms with Crippen LogP contribution in [-0.4, -0.2) is 38.3 Å². The first-order valence-electron chi connectivity index (χ1n) is 7.06. The molecule has 2 rings (SSSR count). The second kappa shape index (κ2) is 5.57. The van der Waals surface area contributed by atoms with Gasteiger partial charge in [-0.15, -0.1) is 0 Å². The number of rotatable bonds is 3. The third-order valence-corrected chi connectivity index (χ3v) is 4.50. The number of hydrogen-bond donors (Lipinski definition) is 2. The van der Waals surface area contributed by atoms with Gasteiger partial charge >= 0.3 is 0 Å². The maximum atomic E-state index is 12.2.